The van der Waals surface area contributed by atoms with E-state index in [1.165, 1.54) is 12.8 Å². The van der Waals surface area contributed by atoms with E-state index in [0.29, 0.717) is 6.04 Å². The van der Waals surface area contributed by atoms with E-state index in [2.05, 4.69) is 24.9 Å². The van der Waals surface area contributed by atoms with Crippen LogP contribution in [0.5, 0.6) is 0 Å². The highest BCUT2D eigenvalue weighted by Gasteiger charge is 2.32. The highest BCUT2D eigenvalue weighted by Crippen LogP contribution is 2.33. The quantitative estimate of drug-likeness (QED) is 0.817. The first kappa shape index (κ1) is 13.2. The molecule has 3 nitrogen and oxygen atoms in total. The summed E-state index contributed by atoms with van der Waals surface area (Å²) in [4.78, 5) is 2.29. The van der Waals surface area contributed by atoms with E-state index < -0.39 is 0 Å². The lowest BCUT2D eigenvalue weighted by atomic mass is 9.77. The molecule has 0 saturated heterocycles. The maximum atomic E-state index is 9.30. The Balaban J connectivity index is 2.01. The van der Waals surface area contributed by atoms with Crippen LogP contribution < -0.4 is 0 Å². The lowest BCUT2D eigenvalue weighted by molar-refractivity contribution is 0.111. The zero-order valence-corrected chi connectivity index (χ0v) is 11.3. The lowest BCUT2D eigenvalue weighted by Gasteiger charge is -2.37. The van der Waals surface area contributed by atoms with Crippen LogP contribution in [0, 0.1) is 23.2 Å². The summed E-state index contributed by atoms with van der Waals surface area (Å²) in [6, 6.07) is 6.78. The molecule has 98 valence electrons. The molecule has 1 aliphatic carbocycles. The van der Waals surface area contributed by atoms with Crippen LogP contribution in [0.25, 0.3) is 0 Å². The van der Waals surface area contributed by atoms with Gasteiger partial charge in [-0.2, -0.15) is 5.26 Å². The smallest absolute Gasteiger partial charge is 0.117 e. The fourth-order valence-corrected chi connectivity index (χ4v) is 3.01. The Hall–Kier alpha value is -1.27. The number of nitrogens with zero attached hydrogens (tertiary/aromatic N) is 2. The van der Waals surface area contributed by atoms with Gasteiger partial charge in [0.05, 0.1) is 24.8 Å². The molecule has 0 aliphatic heterocycles. The molecule has 0 spiro atoms. The summed E-state index contributed by atoms with van der Waals surface area (Å²) in [7, 11) is 2.11. The number of furan rings is 1. The average molecular weight is 246 g/mol. The molecule has 0 radical (unpaired) electrons. The number of hydrogen-bond acceptors (Lipinski definition) is 3. The molecule has 3 unspecified atom stereocenters. The van der Waals surface area contributed by atoms with Gasteiger partial charge in [-0.1, -0.05) is 13.3 Å². The van der Waals surface area contributed by atoms with Gasteiger partial charge in [-0.3, -0.25) is 4.90 Å². The van der Waals surface area contributed by atoms with Crippen LogP contribution in [0.15, 0.2) is 22.8 Å². The first-order valence-electron chi connectivity index (χ1n) is 6.86. The van der Waals surface area contributed by atoms with Gasteiger partial charge in [0.15, 0.2) is 0 Å². The third-order valence-corrected chi connectivity index (χ3v) is 4.22. The molecule has 0 amide bonds. The summed E-state index contributed by atoms with van der Waals surface area (Å²) in [5.74, 6) is 1.93. The van der Waals surface area contributed by atoms with Crippen molar-refractivity contribution in [2.45, 2.75) is 45.2 Å². The van der Waals surface area contributed by atoms with Gasteiger partial charge in [0, 0.05) is 6.04 Å². The van der Waals surface area contributed by atoms with Crippen molar-refractivity contribution < 1.29 is 4.42 Å². The fourth-order valence-electron chi connectivity index (χ4n) is 3.01. The van der Waals surface area contributed by atoms with Crippen LogP contribution in [-0.4, -0.2) is 18.0 Å². The van der Waals surface area contributed by atoms with Crippen LogP contribution in [0.2, 0.25) is 0 Å². The predicted molar refractivity (Wildman–Crippen MR) is 70.7 cm³/mol. The Kier molecular flexibility index (Phi) is 4.43. The lowest BCUT2D eigenvalue weighted by Crippen LogP contribution is -2.41. The van der Waals surface area contributed by atoms with Gasteiger partial charge >= 0.3 is 0 Å². The summed E-state index contributed by atoms with van der Waals surface area (Å²) < 4.78 is 5.39. The van der Waals surface area contributed by atoms with E-state index >= 15 is 0 Å². The van der Waals surface area contributed by atoms with Crippen LogP contribution in [-0.2, 0) is 6.54 Å². The Labute approximate surface area is 109 Å². The molecule has 3 atom stereocenters. The molecule has 1 aromatic rings. The van der Waals surface area contributed by atoms with Crippen molar-refractivity contribution in [2.75, 3.05) is 7.05 Å². The highest BCUT2D eigenvalue weighted by molar-refractivity contribution is 5.01. The molecule has 0 N–H and O–H groups in total. The standard InChI is InChI=1S/C15H22N2O/c1-3-12-6-7-13(10-16)15(9-12)17(2)11-14-5-4-8-18-14/h4-5,8,12-13,15H,3,6-7,9,11H2,1-2H3. The second kappa shape index (κ2) is 6.06. The van der Waals surface area contributed by atoms with Crippen molar-refractivity contribution in [1.82, 2.24) is 4.90 Å². The van der Waals surface area contributed by atoms with E-state index in [-0.39, 0.29) is 5.92 Å². The molecule has 18 heavy (non-hydrogen) atoms. The molecule has 1 aliphatic rings. The zero-order chi connectivity index (χ0) is 13.0. The number of hydrogen-bond donors (Lipinski definition) is 0. The molecule has 1 heterocycles. The van der Waals surface area contributed by atoms with Gasteiger partial charge in [-0.15, -0.1) is 0 Å². The SMILES string of the molecule is CCC1CCC(C#N)C(N(C)Cc2ccco2)C1. The van der Waals surface area contributed by atoms with E-state index in [1.54, 1.807) is 6.26 Å². The van der Waals surface area contributed by atoms with Crippen LogP contribution in [0.3, 0.4) is 0 Å². The summed E-state index contributed by atoms with van der Waals surface area (Å²) in [5.41, 5.74) is 0. The van der Waals surface area contributed by atoms with Crippen molar-refractivity contribution in [3.05, 3.63) is 24.2 Å². The largest absolute Gasteiger partial charge is 0.468 e. The summed E-state index contributed by atoms with van der Waals surface area (Å²) >= 11 is 0. The average Bonchev–Trinajstić information content (AvgIpc) is 2.90. The first-order valence-corrected chi connectivity index (χ1v) is 6.86. The number of nitriles is 1. The molecule has 0 bridgehead atoms. The van der Waals surface area contributed by atoms with Crippen molar-refractivity contribution in [3.63, 3.8) is 0 Å². The monoisotopic (exact) mass is 246 g/mol. The maximum Gasteiger partial charge on any atom is 0.117 e. The van der Waals surface area contributed by atoms with Crippen molar-refractivity contribution in [3.8, 4) is 6.07 Å². The molecular weight excluding hydrogens is 224 g/mol. The summed E-state index contributed by atoms with van der Waals surface area (Å²) in [5, 5.41) is 9.30. The molecule has 1 aromatic heterocycles. The van der Waals surface area contributed by atoms with Gasteiger partial charge in [-0.05, 0) is 44.4 Å². The van der Waals surface area contributed by atoms with Gasteiger partial charge in [0.2, 0.25) is 0 Å². The molecule has 2 rings (SSSR count). The Bertz CT molecular complexity index is 393. The van der Waals surface area contributed by atoms with E-state index in [1.807, 2.05) is 12.1 Å². The van der Waals surface area contributed by atoms with Gasteiger partial charge in [-0.25, -0.2) is 0 Å². The molecule has 1 fully saturated rings. The highest BCUT2D eigenvalue weighted by atomic mass is 16.3. The Morgan fingerprint density at radius 2 is 2.33 bits per heavy atom. The topological polar surface area (TPSA) is 40.2 Å². The second-order valence-electron chi connectivity index (χ2n) is 5.38. The fraction of sp³-hybridized carbons (Fsp3) is 0.667. The van der Waals surface area contributed by atoms with Crippen molar-refractivity contribution >= 4 is 0 Å². The van der Waals surface area contributed by atoms with Crippen LogP contribution >= 0.6 is 0 Å². The third-order valence-electron chi connectivity index (χ3n) is 4.22. The summed E-state index contributed by atoms with van der Waals surface area (Å²) in [6.07, 6.45) is 6.33. The normalized spacial score (nSPS) is 28.2. The summed E-state index contributed by atoms with van der Waals surface area (Å²) in [6.45, 7) is 3.05. The second-order valence-corrected chi connectivity index (χ2v) is 5.38. The third kappa shape index (κ3) is 2.94. The molecule has 3 heteroatoms. The van der Waals surface area contributed by atoms with E-state index in [9.17, 15) is 5.26 Å². The molecular formula is C15H22N2O. The predicted octanol–water partition coefficient (Wildman–Crippen LogP) is 3.43. The molecule has 1 saturated carbocycles. The Morgan fingerprint density at radius 1 is 1.50 bits per heavy atom. The Morgan fingerprint density at radius 3 is 2.94 bits per heavy atom. The first-order chi connectivity index (χ1) is 8.74. The van der Waals surface area contributed by atoms with Gasteiger partial charge in [0.1, 0.15) is 5.76 Å². The number of rotatable bonds is 4. The van der Waals surface area contributed by atoms with Gasteiger partial charge < -0.3 is 4.42 Å². The van der Waals surface area contributed by atoms with E-state index in [4.69, 9.17) is 4.42 Å². The van der Waals surface area contributed by atoms with Crippen molar-refractivity contribution in [2.24, 2.45) is 11.8 Å². The van der Waals surface area contributed by atoms with Crippen LogP contribution in [0.4, 0.5) is 0 Å². The van der Waals surface area contributed by atoms with Crippen LogP contribution in [0.1, 0.15) is 38.4 Å². The minimum Gasteiger partial charge on any atom is -0.468 e. The maximum absolute atomic E-state index is 9.30. The minimum absolute atomic E-state index is 0.174. The minimum atomic E-state index is 0.174. The van der Waals surface area contributed by atoms with Crippen molar-refractivity contribution in [1.29, 1.82) is 5.26 Å². The zero-order valence-electron chi connectivity index (χ0n) is 11.3. The van der Waals surface area contributed by atoms with Gasteiger partial charge in [0.25, 0.3) is 0 Å². The van der Waals surface area contributed by atoms with E-state index in [0.717, 1.165) is 31.1 Å². The molecule has 0 aromatic carbocycles.